The largest absolute Gasteiger partial charge is 0.493 e. The van der Waals surface area contributed by atoms with Gasteiger partial charge in [0.15, 0.2) is 0 Å². The second kappa shape index (κ2) is 7.66. The van der Waals surface area contributed by atoms with Gasteiger partial charge in [-0.25, -0.2) is 0 Å². The third-order valence-electron chi connectivity index (χ3n) is 4.37. The summed E-state index contributed by atoms with van der Waals surface area (Å²) in [7, 11) is 0. The molecule has 120 valence electrons. The lowest BCUT2D eigenvalue weighted by atomic mass is 9.92. The SMILES string of the molecule is CCc1ccccc1OCCC(C#N)c1cccc2ccccc12. The molecule has 3 rings (SSSR count). The van der Waals surface area contributed by atoms with Crippen LogP contribution in [0.15, 0.2) is 66.7 Å². The number of nitriles is 1. The first-order valence-corrected chi connectivity index (χ1v) is 8.41. The van der Waals surface area contributed by atoms with Crippen LogP contribution in [0.1, 0.15) is 30.4 Å². The number of benzene rings is 3. The summed E-state index contributed by atoms with van der Waals surface area (Å²) in [6.45, 7) is 2.66. The number of para-hydroxylation sites is 1. The monoisotopic (exact) mass is 315 g/mol. The summed E-state index contributed by atoms with van der Waals surface area (Å²) in [6, 6.07) is 24.9. The standard InChI is InChI=1S/C22H21NO/c1-2-17-8-4-6-13-22(17)24-15-14-19(16-23)21-12-7-10-18-9-3-5-11-20(18)21/h3-13,19H,2,14-15H2,1H3. The molecule has 0 aliphatic rings. The van der Waals surface area contributed by atoms with Crippen LogP contribution in [0.2, 0.25) is 0 Å². The van der Waals surface area contributed by atoms with Gasteiger partial charge in [-0.05, 0) is 34.4 Å². The van der Waals surface area contributed by atoms with Crippen molar-refractivity contribution >= 4 is 10.8 Å². The molecular formula is C22H21NO. The van der Waals surface area contributed by atoms with E-state index in [0.717, 1.165) is 23.1 Å². The fraction of sp³-hybridized carbons (Fsp3) is 0.227. The molecule has 0 aliphatic carbocycles. The first kappa shape index (κ1) is 16.1. The predicted molar refractivity (Wildman–Crippen MR) is 98.2 cm³/mol. The van der Waals surface area contributed by atoms with Gasteiger partial charge >= 0.3 is 0 Å². The summed E-state index contributed by atoms with van der Waals surface area (Å²) in [5.74, 6) is 0.763. The molecule has 1 unspecified atom stereocenters. The number of rotatable bonds is 6. The number of ether oxygens (including phenoxy) is 1. The Morgan fingerprint density at radius 1 is 0.958 bits per heavy atom. The Hall–Kier alpha value is -2.79. The van der Waals surface area contributed by atoms with E-state index in [9.17, 15) is 5.26 Å². The number of aryl methyl sites for hydroxylation is 1. The molecule has 0 radical (unpaired) electrons. The van der Waals surface area contributed by atoms with Crippen molar-refractivity contribution in [1.29, 1.82) is 5.26 Å². The van der Waals surface area contributed by atoms with E-state index in [4.69, 9.17) is 4.74 Å². The van der Waals surface area contributed by atoms with Crippen LogP contribution in [0, 0.1) is 11.3 Å². The second-order valence-corrected chi connectivity index (χ2v) is 5.85. The molecule has 0 heterocycles. The third kappa shape index (κ3) is 3.41. The molecule has 0 saturated carbocycles. The average molecular weight is 315 g/mol. The van der Waals surface area contributed by atoms with Gasteiger partial charge in [-0.15, -0.1) is 0 Å². The van der Waals surface area contributed by atoms with Gasteiger partial charge in [0.2, 0.25) is 0 Å². The smallest absolute Gasteiger partial charge is 0.122 e. The maximum atomic E-state index is 9.63. The maximum absolute atomic E-state index is 9.63. The van der Waals surface area contributed by atoms with Gasteiger partial charge in [0.1, 0.15) is 5.75 Å². The van der Waals surface area contributed by atoms with E-state index in [1.54, 1.807) is 0 Å². The molecule has 0 fully saturated rings. The lowest BCUT2D eigenvalue weighted by Crippen LogP contribution is -2.06. The summed E-state index contributed by atoms with van der Waals surface area (Å²) in [5.41, 5.74) is 2.29. The van der Waals surface area contributed by atoms with Crippen molar-refractivity contribution in [3.05, 3.63) is 77.9 Å². The zero-order valence-electron chi connectivity index (χ0n) is 13.9. The Balaban J connectivity index is 1.74. The van der Waals surface area contributed by atoms with Crippen LogP contribution >= 0.6 is 0 Å². The van der Waals surface area contributed by atoms with Crippen LogP contribution in [0.5, 0.6) is 5.75 Å². The highest BCUT2D eigenvalue weighted by molar-refractivity contribution is 5.86. The van der Waals surface area contributed by atoms with Gasteiger partial charge in [-0.1, -0.05) is 67.6 Å². The first-order valence-electron chi connectivity index (χ1n) is 8.41. The van der Waals surface area contributed by atoms with E-state index in [1.807, 2.05) is 36.4 Å². The topological polar surface area (TPSA) is 33.0 Å². The van der Waals surface area contributed by atoms with Crippen LogP contribution in [0.4, 0.5) is 0 Å². The number of hydrogen-bond acceptors (Lipinski definition) is 2. The number of nitrogens with zero attached hydrogens (tertiary/aromatic N) is 1. The van der Waals surface area contributed by atoms with Crippen molar-refractivity contribution < 1.29 is 4.74 Å². The van der Waals surface area contributed by atoms with Crippen molar-refractivity contribution in [2.24, 2.45) is 0 Å². The Morgan fingerprint density at radius 3 is 2.54 bits per heavy atom. The van der Waals surface area contributed by atoms with Gasteiger partial charge in [-0.2, -0.15) is 5.26 Å². The first-order chi connectivity index (χ1) is 11.8. The molecule has 0 aromatic heterocycles. The van der Waals surface area contributed by atoms with Gasteiger partial charge < -0.3 is 4.74 Å². The zero-order valence-corrected chi connectivity index (χ0v) is 13.9. The Morgan fingerprint density at radius 2 is 1.71 bits per heavy atom. The fourth-order valence-corrected chi connectivity index (χ4v) is 3.07. The molecular weight excluding hydrogens is 294 g/mol. The van der Waals surface area contributed by atoms with E-state index < -0.39 is 0 Å². The summed E-state index contributed by atoms with van der Waals surface area (Å²) >= 11 is 0. The summed E-state index contributed by atoms with van der Waals surface area (Å²) in [5, 5.41) is 12.0. The van der Waals surface area contributed by atoms with E-state index in [0.29, 0.717) is 13.0 Å². The summed E-state index contributed by atoms with van der Waals surface area (Å²) in [6.07, 6.45) is 1.63. The van der Waals surface area contributed by atoms with Crippen molar-refractivity contribution in [1.82, 2.24) is 0 Å². The molecule has 0 aliphatic heterocycles. The molecule has 3 aromatic rings. The number of fused-ring (bicyclic) bond motifs is 1. The van der Waals surface area contributed by atoms with Crippen LogP contribution in [-0.4, -0.2) is 6.61 Å². The summed E-state index contributed by atoms with van der Waals surface area (Å²) < 4.78 is 5.94. The normalized spacial score (nSPS) is 11.8. The van der Waals surface area contributed by atoms with Gasteiger partial charge in [0, 0.05) is 6.42 Å². The molecule has 2 heteroatoms. The molecule has 0 saturated heterocycles. The Bertz CT molecular complexity index is 858. The molecule has 2 nitrogen and oxygen atoms in total. The molecule has 0 bridgehead atoms. The second-order valence-electron chi connectivity index (χ2n) is 5.85. The number of hydrogen-bond donors (Lipinski definition) is 0. The summed E-state index contributed by atoms with van der Waals surface area (Å²) in [4.78, 5) is 0. The van der Waals surface area contributed by atoms with Crippen LogP contribution in [-0.2, 0) is 6.42 Å². The molecule has 0 amide bonds. The van der Waals surface area contributed by atoms with Gasteiger partial charge in [-0.3, -0.25) is 0 Å². The van der Waals surface area contributed by atoms with E-state index >= 15 is 0 Å². The third-order valence-corrected chi connectivity index (χ3v) is 4.37. The minimum atomic E-state index is -0.162. The molecule has 3 aromatic carbocycles. The average Bonchev–Trinajstić information content (AvgIpc) is 2.65. The van der Waals surface area contributed by atoms with Gasteiger partial charge in [0.05, 0.1) is 18.6 Å². The molecule has 0 spiro atoms. The Kier molecular flexibility index (Phi) is 5.13. The highest BCUT2D eigenvalue weighted by Crippen LogP contribution is 2.28. The van der Waals surface area contributed by atoms with Crippen molar-refractivity contribution in [2.75, 3.05) is 6.61 Å². The molecule has 1 atom stereocenters. The fourth-order valence-electron chi connectivity index (χ4n) is 3.07. The molecule has 24 heavy (non-hydrogen) atoms. The molecule has 0 N–H and O–H groups in total. The highest BCUT2D eigenvalue weighted by atomic mass is 16.5. The lowest BCUT2D eigenvalue weighted by Gasteiger charge is -2.14. The van der Waals surface area contributed by atoms with E-state index in [1.165, 1.54) is 10.9 Å². The van der Waals surface area contributed by atoms with Gasteiger partial charge in [0.25, 0.3) is 0 Å². The highest BCUT2D eigenvalue weighted by Gasteiger charge is 2.14. The Labute approximate surface area is 143 Å². The van der Waals surface area contributed by atoms with E-state index in [2.05, 4.69) is 43.3 Å². The van der Waals surface area contributed by atoms with E-state index in [-0.39, 0.29) is 5.92 Å². The van der Waals surface area contributed by atoms with Crippen LogP contribution in [0.25, 0.3) is 10.8 Å². The van der Waals surface area contributed by atoms with Crippen LogP contribution in [0.3, 0.4) is 0 Å². The quantitative estimate of drug-likeness (QED) is 0.603. The zero-order chi connectivity index (χ0) is 16.8. The van der Waals surface area contributed by atoms with Crippen LogP contribution < -0.4 is 4.74 Å². The van der Waals surface area contributed by atoms with Crippen molar-refractivity contribution in [3.63, 3.8) is 0 Å². The van der Waals surface area contributed by atoms with Crippen molar-refractivity contribution in [2.45, 2.75) is 25.7 Å². The minimum Gasteiger partial charge on any atom is -0.493 e. The predicted octanol–water partition coefficient (Wildman–Crippen LogP) is 5.48. The minimum absolute atomic E-state index is 0.162. The van der Waals surface area contributed by atoms with Crippen molar-refractivity contribution in [3.8, 4) is 11.8 Å². The maximum Gasteiger partial charge on any atom is 0.122 e. The lowest BCUT2D eigenvalue weighted by molar-refractivity contribution is 0.303.